The van der Waals surface area contributed by atoms with E-state index in [1.807, 2.05) is 85.8 Å². The summed E-state index contributed by atoms with van der Waals surface area (Å²) >= 11 is 1.33. The molecule has 5 rings (SSSR count). The minimum absolute atomic E-state index is 0.157. The SMILES string of the molecule is C=CCc1cc(/C=C2/SC(=Nc3ccccc3)N(c3ccccc3)C2=O)cc(OCC)c1OCc1ccc(F)cc1. The van der Waals surface area contributed by atoms with Crippen LogP contribution in [0.2, 0.25) is 0 Å². The van der Waals surface area contributed by atoms with Crippen molar-refractivity contribution in [2.75, 3.05) is 11.5 Å². The van der Waals surface area contributed by atoms with Gasteiger partial charge in [0.25, 0.3) is 5.91 Å². The van der Waals surface area contributed by atoms with E-state index in [1.165, 1.54) is 23.9 Å². The Labute approximate surface area is 243 Å². The molecular formula is C34H29FN2O3S. The zero-order valence-electron chi connectivity index (χ0n) is 22.6. The molecule has 4 aromatic rings. The Morgan fingerprint density at radius 2 is 1.66 bits per heavy atom. The van der Waals surface area contributed by atoms with Gasteiger partial charge in [0.2, 0.25) is 0 Å². The highest BCUT2D eigenvalue weighted by molar-refractivity contribution is 8.19. The first-order valence-electron chi connectivity index (χ1n) is 13.3. The molecule has 1 saturated heterocycles. The maximum atomic E-state index is 13.7. The smallest absolute Gasteiger partial charge is 0.271 e. The molecule has 0 aliphatic carbocycles. The van der Waals surface area contributed by atoms with Crippen molar-refractivity contribution in [1.29, 1.82) is 0 Å². The van der Waals surface area contributed by atoms with Crippen LogP contribution in [0.4, 0.5) is 15.8 Å². The van der Waals surface area contributed by atoms with Crippen molar-refractivity contribution in [3.8, 4) is 11.5 Å². The molecule has 0 unspecified atom stereocenters. The number of rotatable bonds is 10. The number of allylic oxidation sites excluding steroid dienone is 1. The van der Waals surface area contributed by atoms with E-state index in [9.17, 15) is 9.18 Å². The molecule has 5 nitrogen and oxygen atoms in total. The van der Waals surface area contributed by atoms with Crippen molar-refractivity contribution in [3.05, 3.63) is 137 Å². The van der Waals surface area contributed by atoms with Crippen LogP contribution in [0.1, 0.15) is 23.6 Å². The molecule has 1 fully saturated rings. The highest BCUT2D eigenvalue weighted by atomic mass is 32.2. The second-order valence-corrected chi connectivity index (χ2v) is 10.2. The minimum Gasteiger partial charge on any atom is -0.490 e. The summed E-state index contributed by atoms with van der Waals surface area (Å²) in [7, 11) is 0. The fourth-order valence-electron chi connectivity index (χ4n) is 4.35. The molecule has 0 aromatic heterocycles. The number of aliphatic imine (C=N–C) groups is 1. The molecular weight excluding hydrogens is 535 g/mol. The first kappa shape index (κ1) is 27.9. The van der Waals surface area contributed by atoms with E-state index in [-0.39, 0.29) is 18.3 Å². The number of halogens is 1. The Morgan fingerprint density at radius 3 is 2.34 bits per heavy atom. The van der Waals surface area contributed by atoms with Gasteiger partial charge in [-0.3, -0.25) is 9.69 Å². The molecule has 0 radical (unpaired) electrons. The van der Waals surface area contributed by atoms with Crippen LogP contribution in [0, 0.1) is 5.82 Å². The molecule has 41 heavy (non-hydrogen) atoms. The van der Waals surface area contributed by atoms with Gasteiger partial charge in [-0.25, -0.2) is 9.38 Å². The Morgan fingerprint density at radius 1 is 0.951 bits per heavy atom. The van der Waals surface area contributed by atoms with Crippen molar-refractivity contribution in [3.63, 3.8) is 0 Å². The summed E-state index contributed by atoms with van der Waals surface area (Å²) in [4.78, 5) is 20.7. The number of amidine groups is 1. The molecule has 4 aromatic carbocycles. The third kappa shape index (κ3) is 6.76. The van der Waals surface area contributed by atoms with Crippen LogP contribution in [-0.2, 0) is 17.8 Å². The summed E-state index contributed by atoms with van der Waals surface area (Å²) in [6.07, 6.45) is 4.19. The Balaban J connectivity index is 1.51. The highest BCUT2D eigenvalue weighted by Crippen LogP contribution is 2.40. The third-order valence-electron chi connectivity index (χ3n) is 6.21. The standard InChI is InChI=1S/C34H29FN2O3S/c1-3-11-26-20-25(21-30(39-4-2)32(26)40-23-24-16-18-27(35)19-17-24)22-31-33(38)37(29-14-9-6-10-15-29)34(41-31)36-28-12-7-5-8-13-28/h3,5-10,12-22H,1,4,11,23H2,2H3/b31-22+,36-34?. The lowest BCUT2D eigenvalue weighted by atomic mass is 10.0. The number of benzene rings is 4. The first-order valence-corrected chi connectivity index (χ1v) is 14.1. The quantitative estimate of drug-likeness (QED) is 0.144. The van der Waals surface area contributed by atoms with Gasteiger partial charge in [-0.1, -0.05) is 54.6 Å². The van der Waals surface area contributed by atoms with E-state index in [2.05, 4.69) is 6.58 Å². The number of hydrogen-bond donors (Lipinski definition) is 0. The minimum atomic E-state index is -0.296. The molecule has 0 atom stereocenters. The van der Waals surface area contributed by atoms with E-state index in [0.29, 0.717) is 34.6 Å². The topological polar surface area (TPSA) is 51.1 Å². The van der Waals surface area contributed by atoms with Gasteiger partial charge in [0.1, 0.15) is 12.4 Å². The van der Waals surface area contributed by atoms with Gasteiger partial charge >= 0.3 is 0 Å². The second-order valence-electron chi connectivity index (χ2n) is 9.16. The maximum Gasteiger partial charge on any atom is 0.271 e. The van der Waals surface area contributed by atoms with Gasteiger partial charge in [0.05, 0.1) is 22.9 Å². The Kier molecular flexibility index (Phi) is 8.96. The number of anilines is 1. The van der Waals surface area contributed by atoms with Crippen molar-refractivity contribution >= 4 is 40.3 Å². The molecule has 7 heteroatoms. The first-order chi connectivity index (χ1) is 20.1. The molecule has 0 N–H and O–H groups in total. The maximum absolute atomic E-state index is 13.7. The number of thioether (sulfide) groups is 1. The van der Waals surface area contributed by atoms with Crippen LogP contribution in [0.3, 0.4) is 0 Å². The lowest BCUT2D eigenvalue weighted by molar-refractivity contribution is -0.113. The average molecular weight is 565 g/mol. The summed E-state index contributed by atoms with van der Waals surface area (Å²) < 4.78 is 25.5. The third-order valence-corrected chi connectivity index (χ3v) is 7.18. The van der Waals surface area contributed by atoms with E-state index >= 15 is 0 Å². The summed E-state index contributed by atoms with van der Waals surface area (Å²) in [5.41, 5.74) is 4.01. The number of amides is 1. The molecule has 1 aliphatic rings. The molecule has 206 valence electrons. The predicted octanol–water partition coefficient (Wildman–Crippen LogP) is 8.34. The molecule has 0 spiro atoms. The van der Waals surface area contributed by atoms with E-state index in [0.717, 1.165) is 28.1 Å². The van der Waals surface area contributed by atoms with Gasteiger partial charge in [-0.05, 0) is 90.8 Å². The molecule has 0 bridgehead atoms. The monoisotopic (exact) mass is 564 g/mol. The number of para-hydroxylation sites is 2. The van der Waals surface area contributed by atoms with Gasteiger partial charge in [0, 0.05) is 5.56 Å². The Hall–Kier alpha value is -4.62. The predicted molar refractivity (Wildman–Crippen MR) is 165 cm³/mol. The largest absolute Gasteiger partial charge is 0.490 e. The summed E-state index contributed by atoms with van der Waals surface area (Å²) in [6.45, 7) is 6.50. The summed E-state index contributed by atoms with van der Waals surface area (Å²) in [5.74, 6) is 0.710. The van der Waals surface area contributed by atoms with E-state index in [1.54, 1.807) is 23.1 Å². The number of carbonyl (C=O) groups is 1. The van der Waals surface area contributed by atoms with Gasteiger partial charge in [-0.2, -0.15) is 0 Å². The zero-order valence-corrected chi connectivity index (χ0v) is 23.4. The lowest BCUT2D eigenvalue weighted by Gasteiger charge is -2.17. The van der Waals surface area contributed by atoms with Crippen LogP contribution in [0.25, 0.3) is 6.08 Å². The lowest BCUT2D eigenvalue weighted by Crippen LogP contribution is -2.28. The van der Waals surface area contributed by atoms with E-state index < -0.39 is 0 Å². The van der Waals surface area contributed by atoms with Crippen LogP contribution in [-0.4, -0.2) is 17.7 Å². The van der Waals surface area contributed by atoms with Crippen molar-refractivity contribution in [1.82, 2.24) is 0 Å². The van der Waals surface area contributed by atoms with Crippen molar-refractivity contribution in [2.45, 2.75) is 20.0 Å². The van der Waals surface area contributed by atoms with Crippen molar-refractivity contribution in [2.24, 2.45) is 4.99 Å². The molecule has 0 saturated carbocycles. The number of carbonyl (C=O) groups excluding carboxylic acids is 1. The highest BCUT2D eigenvalue weighted by Gasteiger charge is 2.34. The number of ether oxygens (including phenoxy) is 2. The van der Waals surface area contributed by atoms with Gasteiger partial charge in [-0.15, -0.1) is 6.58 Å². The summed E-state index contributed by atoms with van der Waals surface area (Å²) in [6, 6.07) is 29.1. The zero-order chi connectivity index (χ0) is 28.6. The molecule has 1 amide bonds. The molecule has 1 heterocycles. The number of hydrogen-bond acceptors (Lipinski definition) is 5. The fourth-order valence-corrected chi connectivity index (χ4v) is 5.36. The van der Waals surface area contributed by atoms with Crippen LogP contribution >= 0.6 is 11.8 Å². The van der Waals surface area contributed by atoms with Gasteiger partial charge in [0.15, 0.2) is 16.7 Å². The Bertz CT molecular complexity index is 1590. The fraction of sp³-hybridized carbons (Fsp3) is 0.118. The average Bonchev–Trinajstić information content (AvgIpc) is 3.28. The second kappa shape index (κ2) is 13.2. The normalized spacial score (nSPS) is 15.0. The van der Waals surface area contributed by atoms with Crippen LogP contribution in [0.5, 0.6) is 11.5 Å². The van der Waals surface area contributed by atoms with Crippen molar-refractivity contribution < 1.29 is 18.7 Å². The summed E-state index contributed by atoms with van der Waals surface area (Å²) in [5, 5.41) is 0.578. The van der Waals surface area contributed by atoms with Gasteiger partial charge < -0.3 is 9.47 Å². The van der Waals surface area contributed by atoms with Crippen LogP contribution in [0.15, 0.2) is 120 Å². The number of nitrogens with zero attached hydrogens (tertiary/aromatic N) is 2. The molecule has 1 aliphatic heterocycles. The van der Waals surface area contributed by atoms with Crippen LogP contribution < -0.4 is 14.4 Å². The van der Waals surface area contributed by atoms with E-state index in [4.69, 9.17) is 14.5 Å².